The van der Waals surface area contributed by atoms with Gasteiger partial charge in [-0.2, -0.15) is 0 Å². The van der Waals surface area contributed by atoms with Crippen LogP contribution in [0.5, 0.6) is 5.75 Å². The summed E-state index contributed by atoms with van der Waals surface area (Å²) in [5, 5.41) is 7.75. The summed E-state index contributed by atoms with van der Waals surface area (Å²) >= 11 is 0. The fourth-order valence-electron chi connectivity index (χ4n) is 2.44. The molecule has 3 rings (SSSR count). The van der Waals surface area contributed by atoms with Crippen molar-refractivity contribution in [3.05, 3.63) is 35.7 Å². The van der Waals surface area contributed by atoms with E-state index in [0.717, 1.165) is 11.3 Å². The van der Waals surface area contributed by atoms with Gasteiger partial charge in [-0.3, -0.25) is 4.79 Å². The largest absolute Gasteiger partial charge is 0.497 e. The number of carbonyl (C=O) groups is 1. The van der Waals surface area contributed by atoms with Crippen LogP contribution in [0.2, 0.25) is 0 Å². The van der Waals surface area contributed by atoms with Crippen LogP contribution in [0.4, 0.5) is 6.01 Å². The highest BCUT2D eigenvalue weighted by Crippen LogP contribution is 2.18. The van der Waals surface area contributed by atoms with Gasteiger partial charge < -0.3 is 19.0 Å². The molecule has 0 spiro atoms. The first-order valence-corrected chi connectivity index (χ1v) is 7.11. The van der Waals surface area contributed by atoms with E-state index < -0.39 is 0 Å². The standard InChI is InChI=1S/C15H18N4O3/c1-11-16-17-15(22-11)19-7-6-18(14(20)10-19)9-12-4-3-5-13(8-12)21-2/h3-5,8H,6-7,9-10H2,1-2H3. The molecular formula is C15H18N4O3. The number of benzene rings is 1. The van der Waals surface area contributed by atoms with E-state index in [-0.39, 0.29) is 12.5 Å². The van der Waals surface area contributed by atoms with Crippen LogP contribution in [0.25, 0.3) is 0 Å². The van der Waals surface area contributed by atoms with Gasteiger partial charge in [-0.25, -0.2) is 0 Å². The van der Waals surface area contributed by atoms with E-state index in [9.17, 15) is 4.79 Å². The maximum atomic E-state index is 12.3. The lowest BCUT2D eigenvalue weighted by Gasteiger charge is -2.33. The Morgan fingerprint density at radius 3 is 2.86 bits per heavy atom. The second-order valence-corrected chi connectivity index (χ2v) is 5.19. The summed E-state index contributed by atoms with van der Waals surface area (Å²) < 4.78 is 10.6. The van der Waals surface area contributed by atoms with E-state index >= 15 is 0 Å². The first-order chi connectivity index (χ1) is 10.7. The van der Waals surface area contributed by atoms with Gasteiger partial charge in [0.2, 0.25) is 11.8 Å². The Morgan fingerprint density at radius 1 is 1.32 bits per heavy atom. The number of rotatable bonds is 4. The number of ether oxygens (including phenoxy) is 1. The summed E-state index contributed by atoms with van der Waals surface area (Å²) in [6.07, 6.45) is 0. The van der Waals surface area contributed by atoms with Crippen molar-refractivity contribution in [1.29, 1.82) is 0 Å². The molecule has 1 amide bonds. The Kier molecular flexibility index (Phi) is 3.95. The average molecular weight is 302 g/mol. The molecular weight excluding hydrogens is 284 g/mol. The topological polar surface area (TPSA) is 71.7 Å². The zero-order chi connectivity index (χ0) is 15.5. The lowest BCUT2D eigenvalue weighted by atomic mass is 10.2. The van der Waals surface area contributed by atoms with Crippen molar-refractivity contribution in [2.75, 3.05) is 31.6 Å². The molecule has 0 bridgehead atoms. The number of aryl methyl sites for hydroxylation is 1. The Hall–Kier alpha value is -2.57. The summed E-state index contributed by atoms with van der Waals surface area (Å²) in [5.41, 5.74) is 1.05. The zero-order valence-electron chi connectivity index (χ0n) is 12.7. The van der Waals surface area contributed by atoms with Crippen molar-refractivity contribution >= 4 is 11.9 Å². The van der Waals surface area contributed by atoms with Gasteiger partial charge in [-0.1, -0.05) is 17.2 Å². The SMILES string of the molecule is COc1cccc(CN2CCN(c3nnc(C)o3)CC2=O)c1. The first-order valence-electron chi connectivity index (χ1n) is 7.11. The highest BCUT2D eigenvalue weighted by atomic mass is 16.5. The van der Waals surface area contributed by atoms with Crippen LogP contribution in [0.3, 0.4) is 0 Å². The molecule has 1 aromatic heterocycles. The number of hydrogen-bond acceptors (Lipinski definition) is 6. The molecule has 0 radical (unpaired) electrons. The molecule has 116 valence electrons. The molecule has 1 aliphatic rings. The van der Waals surface area contributed by atoms with Crippen LogP contribution in [-0.4, -0.2) is 47.7 Å². The molecule has 7 heteroatoms. The summed E-state index contributed by atoms with van der Waals surface area (Å²) in [6, 6.07) is 8.16. The smallest absolute Gasteiger partial charge is 0.318 e. The van der Waals surface area contributed by atoms with Gasteiger partial charge in [-0.05, 0) is 17.7 Å². The van der Waals surface area contributed by atoms with Gasteiger partial charge in [0.1, 0.15) is 12.3 Å². The molecule has 0 atom stereocenters. The summed E-state index contributed by atoms with van der Waals surface area (Å²) in [7, 11) is 1.63. The third-order valence-electron chi connectivity index (χ3n) is 3.61. The molecule has 1 fully saturated rings. The summed E-state index contributed by atoms with van der Waals surface area (Å²) in [4.78, 5) is 15.9. The number of anilines is 1. The van der Waals surface area contributed by atoms with Crippen molar-refractivity contribution < 1.29 is 13.9 Å². The molecule has 1 saturated heterocycles. The van der Waals surface area contributed by atoms with E-state index in [4.69, 9.17) is 9.15 Å². The molecule has 1 aliphatic heterocycles. The van der Waals surface area contributed by atoms with E-state index in [1.807, 2.05) is 34.1 Å². The average Bonchev–Trinajstić information content (AvgIpc) is 2.96. The van der Waals surface area contributed by atoms with Crippen molar-refractivity contribution in [1.82, 2.24) is 15.1 Å². The molecule has 0 saturated carbocycles. The minimum atomic E-state index is 0.0462. The number of aromatic nitrogens is 2. The third-order valence-corrected chi connectivity index (χ3v) is 3.61. The molecule has 7 nitrogen and oxygen atoms in total. The van der Waals surface area contributed by atoms with Crippen LogP contribution >= 0.6 is 0 Å². The second-order valence-electron chi connectivity index (χ2n) is 5.19. The predicted octanol–water partition coefficient (Wildman–Crippen LogP) is 1.24. The van der Waals surface area contributed by atoms with Crippen LogP contribution < -0.4 is 9.64 Å². The molecule has 22 heavy (non-hydrogen) atoms. The highest BCUT2D eigenvalue weighted by Gasteiger charge is 2.26. The maximum Gasteiger partial charge on any atom is 0.318 e. The first kappa shape index (κ1) is 14.4. The third kappa shape index (κ3) is 3.03. The van der Waals surface area contributed by atoms with Crippen molar-refractivity contribution in [3.63, 3.8) is 0 Å². The van der Waals surface area contributed by atoms with Gasteiger partial charge in [-0.15, -0.1) is 5.10 Å². The number of carbonyl (C=O) groups excluding carboxylic acids is 1. The normalized spacial score (nSPS) is 15.3. The minimum absolute atomic E-state index is 0.0462. The number of piperazine rings is 1. The van der Waals surface area contributed by atoms with Crippen LogP contribution in [0.1, 0.15) is 11.5 Å². The lowest BCUT2D eigenvalue weighted by Crippen LogP contribution is -2.50. The second kappa shape index (κ2) is 6.05. The maximum absolute atomic E-state index is 12.3. The number of nitrogens with zero attached hydrogens (tertiary/aromatic N) is 4. The summed E-state index contributed by atoms with van der Waals surface area (Å²) in [5.74, 6) is 1.34. The Balaban J connectivity index is 1.64. The van der Waals surface area contributed by atoms with Gasteiger partial charge in [0.15, 0.2) is 0 Å². The van der Waals surface area contributed by atoms with Crippen LogP contribution in [0, 0.1) is 6.92 Å². The van der Waals surface area contributed by atoms with Gasteiger partial charge in [0, 0.05) is 26.6 Å². The molecule has 0 N–H and O–H groups in total. The fourth-order valence-corrected chi connectivity index (χ4v) is 2.44. The lowest BCUT2D eigenvalue weighted by molar-refractivity contribution is -0.131. The number of hydrogen-bond donors (Lipinski definition) is 0. The van der Waals surface area contributed by atoms with Gasteiger partial charge in [0.25, 0.3) is 0 Å². The Labute approximate surface area is 128 Å². The van der Waals surface area contributed by atoms with E-state index in [1.54, 1.807) is 14.0 Å². The van der Waals surface area contributed by atoms with Gasteiger partial charge in [0.05, 0.1) is 7.11 Å². The fraction of sp³-hybridized carbons (Fsp3) is 0.400. The molecule has 2 heterocycles. The predicted molar refractivity (Wildman–Crippen MR) is 79.7 cm³/mol. The summed E-state index contributed by atoms with van der Waals surface area (Å²) in [6.45, 7) is 3.87. The number of amides is 1. The van der Waals surface area contributed by atoms with E-state index in [2.05, 4.69) is 10.2 Å². The zero-order valence-corrected chi connectivity index (χ0v) is 12.7. The number of methoxy groups -OCH3 is 1. The van der Waals surface area contributed by atoms with E-state index in [1.165, 1.54) is 0 Å². The minimum Gasteiger partial charge on any atom is -0.497 e. The van der Waals surface area contributed by atoms with Crippen molar-refractivity contribution in [3.8, 4) is 5.75 Å². The Bertz CT molecular complexity index is 670. The van der Waals surface area contributed by atoms with Crippen molar-refractivity contribution in [2.24, 2.45) is 0 Å². The quantitative estimate of drug-likeness (QED) is 0.846. The highest BCUT2D eigenvalue weighted by molar-refractivity contribution is 5.82. The molecule has 0 unspecified atom stereocenters. The van der Waals surface area contributed by atoms with E-state index in [0.29, 0.717) is 31.5 Å². The Morgan fingerprint density at radius 2 is 2.18 bits per heavy atom. The van der Waals surface area contributed by atoms with Crippen LogP contribution in [-0.2, 0) is 11.3 Å². The molecule has 2 aromatic rings. The van der Waals surface area contributed by atoms with Gasteiger partial charge >= 0.3 is 6.01 Å². The monoisotopic (exact) mass is 302 g/mol. The molecule has 0 aliphatic carbocycles. The molecule has 1 aromatic carbocycles. The van der Waals surface area contributed by atoms with Crippen LogP contribution in [0.15, 0.2) is 28.7 Å². The van der Waals surface area contributed by atoms with Crippen molar-refractivity contribution in [2.45, 2.75) is 13.5 Å².